The van der Waals surface area contributed by atoms with E-state index in [1.165, 1.54) is 21.8 Å². The summed E-state index contributed by atoms with van der Waals surface area (Å²) in [6.45, 7) is 5.81. The number of nitrogens with zero attached hydrogens (tertiary/aromatic N) is 4. The number of hydrogen-bond acceptors (Lipinski definition) is 3. The lowest BCUT2D eigenvalue weighted by Gasteiger charge is -2.10. The van der Waals surface area contributed by atoms with E-state index in [1.54, 1.807) is 25.7 Å². The Morgan fingerprint density at radius 3 is 2.09 bits per heavy atom. The van der Waals surface area contributed by atoms with Gasteiger partial charge in [-0.25, -0.2) is 4.98 Å². The summed E-state index contributed by atoms with van der Waals surface area (Å²) in [5, 5.41) is 2.36. The minimum Gasteiger partial charge on any atom is -0.380 e. The van der Waals surface area contributed by atoms with Gasteiger partial charge >= 0.3 is 0 Å². The molecule has 0 aliphatic heterocycles. The smallest absolute Gasteiger partial charge is 0.185 e. The first-order chi connectivity index (χ1) is 17.2. The largest absolute Gasteiger partial charge is 0.380 e. The van der Waals surface area contributed by atoms with Crippen molar-refractivity contribution in [1.29, 1.82) is 0 Å². The standard InChI is InChI=1S/C30H26N4O/c1-4-34-28-10-7-24(6-5-23-13-15-31-16-14-23)19-26(28)27-20-25(8-11-29(27)34)9-12-30-32-17-18-33(30)21-22(2)35-3/h7-8,10-11,13-20,22H,4,21H2,1-3H3/t22-/m0/s1. The van der Waals surface area contributed by atoms with Crippen molar-refractivity contribution in [3.05, 3.63) is 95.8 Å². The van der Waals surface area contributed by atoms with Gasteiger partial charge in [-0.2, -0.15) is 0 Å². The molecule has 1 atom stereocenters. The molecule has 0 aliphatic rings. The van der Waals surface area contributed by atoms with Crippen molar-refractivity contribution in [3.63, 3.8) is 0 Å². The van der Waals surface area contributed by atoms with Gasteiger partial charge < -0.3 is 13.9 Å². The Balaban J connectivity index is 1.54. The van der Waals surface area contributed by atoms with E-state index in [2.05, 4.69) is 81.5 Å². The van der Waals surface area contributed by atoms with Crippen molar-refractivity contribution in [1.82, 2.24) is 19.1 Å². The number of imidazole rings is 1. The molecule has 35 heavy (non-hydrogen) atoms. The third kappa shape index (κ3) is 4.68. The molecule has 0 fully saturated rings. The van der Waals surface area contributed by atoms with E-state index in [4.69, 9.17) is 4.74 Å². The van der Waals surface area contributed by atoms with E-state index in [-0.39, 0.29) is 6.10 Å². The fraction of sp³-hybridized carbons (Fsp3) is 0.200. The molecule has 0 saturated heterocycles. The average molecular weight is 459 g/mol. The van der Waals surface area contributed by atoms with E-state index < -0.39 is 0 Å². The van der Waals surface area contributed by atoms with Gasteiger partial charge in [-0.1, -0.05) is 17.8 Å². The molecule has 5 rings (SSSR count). The van der Waals surface area contributed by atoms with Gasteiger partial charge in [0.15, 0.2) is 5.82 Å². The minimum absolute atomic E-state index is 0.0946. The van der Waals surface area contributed by atoms with Crippen LogP contribution in [0.3, 0.4) is 0 Å². The minimum atomic E-state index is 0.0946. The van der Waals surface area contributed by atoms with Gasteiger partial charge in [0.05, 0.1) is 12.6 Å². The third-order valence-corrected chi connectivity index (χ3v) is 6.10. The maximum atomic E-state index is 5.38. The molecule has 0 radical (unpaired) electrons. The van der Waals surface area contributed by atoms with Crippen LogP contribution in [0.5, 0.6) is 0 Å². The van der Waals surface area contributed by atoms with E-state index >= 15 is 0 Å². The topological polar surface area (TPSA) is 44.9 Å². The van der Waals surface area contributed by atoms with Crippen molar-refractivity contribution >= 4 is 21.8 Å². The maximum Gasteiger partial charge on any atom is 0.185 e. The SMILES string of the molecule is CCn1c2ccc(C#Cc3ccncc3)cc2c2cc(C#Cc3nccn3C[C@H](C)OC)ccc21. The van der Waals surface area contributed by atoms with Crippen LogP contribution in [0, 0.1) is 23.7 Å². The molecule has 5 heteroatoms. The van der Waals surface area contributed by atoms with Crippen LogP contribution in [-0.2, 0) is 17.8 Å². The Bertz CT molecular complexity index is 1620. The Morgan fingerprint density at radius 2 is 1.46 bits per heavy atom. The highest BCUT2D eigenvalue weighted by Crippen LogP contribution is 2.30. The van der Waals surface area contributed by atoms with Crippen LogP contribution in [-0.4, -0.2) is 32.3 Å². The van der Waals surface area contributed by atoms with Gasteiger partial charge in [-0.05, 0) is 68.3 Å². The molecule has 3 heterocycles. The summed E-state index contributed by atoms with van der Waals surface area (Å²) in [7, 11) is 1.71. The van der Waals surface area contributed by atoms with Crippen LogP contribution in [0.25, 0.3) is 21.8 Å². The van der Waals surface area contributed by atoms with Crippen molar-refractivity contribution in [2.75, 3.05) is 7.11 Å². The lowest BCUT2D eigenvalue weighted by atomic mass is 10.1. The zero-order chi connectivity index (χ0) is 24.2. The van der Waals surface area contributed by atoms with Gasteiger partial charge in [0.1, 0.15) is 0 Å². The molecule has 0 aliphatic carbocycles. The molecule has 0 spiro atoms. The van der Waals surface area contributed by atoms with Crippen LogP contribution < -0.4 is 0 Å². The number of ether oxygens (including phenoxy) is 1. The molecule has 5 aromatic rings. The lowest BCUT2D eigenvalue weighted by molar-refractivity contribution is 0.103. The van der Waals surface area contributed by atoms with Crippen molar-refractivity contribution < 1.29 is 4.74 Å². The Labute approximate surface area is 205 Å². The summed E-state index contributed by atoms with van der Waals surface area (Å²) in [6, 6.07) is 16.7. The second kappa shape index (κ2) is 9.89. The van der Waals surface area contributed by atoms with E-state index in [1.807, 2.05) is 29.8 Å². The number of aryl methyl sites for hydroxylation is 1. The van der Waals surface area contributed by atoms with E-state index in [0.29, 0.717) is 6.54 Å². The maximum absolute atomic E-state index is 5.38. The number of benzene rings is 2. The van der Waals surface area contributed by atoms with E-state index in [0.717, 1.165) is 29.1 Å². The normalized spacial score (nSPS) is 11.6. The lowest BCUT2D eigenvalue weighted by Crippen LogP contribution is -2.15. The number of methoxy groups -OCH3 is 1. The molecule has 0 amide bonds. The fourth-order valence-corrected chi connectivity index (χ4v) is 4.24. The molecule has 0 N–H and O–H groups in total. The summed E-state index contributed by atoms with van der Waals surface area (Å²) in [5.41, 5.74) is 5.28. The number of fused-ring (bicyclic) bond motifs is 3. The van der Waals surface area contributed by atoms with Crippen LogP contribution >= 0.6 is 0 Å². The molecule has 172 valence electrons. The summed E-state index contributed by atoms with van der Waals surface area (Å²) in [6.07, 6.45) is 7.33. The summed E-state index contributed by atoms with van der Waals surface area (Å²) < 4.78 is 9.74. The van der Waals surface area contributed by atoms with Gasteiger partial charge in [0.25, 0.3) is 0 Å². The van der Waals surface area contributed by atoms with Gasteiger partial charge in [0.2, 0.25) is 0 Å². The predicted molar refractivity (Wildman–Crippen MR) is 140 cm³/mol. The highest BCUT2D eigenvalue weighted by atomic mass is 16.5. The highest BCUT2D eigenvalue weighted by molar-refractivity contribution is 6.09. The first-order valence-corrected chi connectivity index (χ1v) is 11.7. The molecular weight excluding hydrogens is 432 g/mol. The predicted octanol–water partition coefficient (Wildman–Crippen LogP) is 5.24. The average Bonchev–Trinajstić information content (AvgIpc) is 3.47. The molecule has 5 nitrogen and oxygen atoms in total. The summed E-state index contributed by atoms with van der Waals surface area (Å²) in [5.74, 6) is 13.8. The zero-order valence-electron chi connectivity index (χ0n) is 20.1. The molecule has 3 aromatic heterocycles. The number of aromatic nitrogens is 4. The van der Waals surface area contributed by atoms with Crippen LogP contribution in [0.1, 0.15) is 36.4 Å². The van der Waals surface area contributed by atoms with Crippen molar-refractivity contribution in [2.45, 2.75) is 33.0 Å². The second-order valence-corrected chi connectivity index (χ2v) is 8.39. The zero-order valence-corrected chi connectivity index (χ0v) is 20.1. The van der Waals surface area contributed by atoms with Crippen molar-refractivity contribution in [3.8, 4) is 23.7 Å². The number of hydrogen-bond donors (Lipinski definition) is 0. The molecule has 0 saturated carbocycles. The van der Waals surface area contributed by atoms with Gasteiger partial charge in [-0.3, -0.25) is 4.98 Å². The highest BCUT2D eigenvalue weighted by Gasteiger charge is 2.11. The number of pyridine rings is 1. The van der Waals surface area contributed by atoms with Crippen LogP contribution in [0.2, 0.25) is 0 Å². The molecule has 0 bridgehead atoms. The summed E-state index contributed by atoms with van der Waals surface area (Å²) in [4.78, 5) is 8.47. The quantitative estimate of drug-likeness (QED) is 0.346. The molecule has 0 unspecified atom stereocenters. The monoisotopic (exact) mass is 458 g/mol. The number of rotatable bonds is 4. The van der Waals surface area contributed by atoms with Gasteiger partial charge in [-0.15, -0.1) is 0 Å². The second-order valence-electron chi connectivity index (χ2n) is 8.39. The fourth-order valence-electron chi connectivity index (χ4n) is 4.24. The first-order valence-electron chi connectivity index (χ1n) is 11.7. The van der Waals surface area contributed by atoms with Crippen LogP contribution in [0.15, 0.2) is 73.3 Å². The molecular formula is C30H26N4O. The van der Waals surface area contributed by atoms with E-state index in [9.17, 15) is 0 Å². The molecule has 2 aromatic carbocycles. The first kappa shape index (κ1) is 22.5. The van der Waals surface area contributed by atoms with Crippen LogP contribution in [0.4, 0.5) is 0 Å². The summed E-state index contributed by atoms with van der Waals surface area (Å²) >= 11 is 0. The Morgan fingerprint density at radius 1 is 0.829 bits per heavy atom. The third-order valence-electron chi connectivity index (χ3n) is 6.10. The van der Waals surface area contributed by atoms with Crippen molar-refractivity contribution in [2.24, 2.45) is 0 Å². The van der Waals surface area contributed by atoms with Gasteiger partial charge in [0, 0.05) is 76.9 Å². The Kier molecular flexibility index (Phi) is 6.35. The Hall–Kier alpha value is -4.32.